The molecule has 0 amide bonds. The molecule has 2 rings (SSSR count). The second-order valence-electron chi connectivity index (χ2n) is 5.60. The van der Waals surface area contributed by atoms with Gasteiger partial charge in [-0.2, -0.15) is 0 Å². The van der Waals surface area contributed by atoms with Crippen LogP contribution in [0.4, 0.5) is 4.39 Å². The largest absolute Gasteiger partial charge is 0.395 e. The molecule has 1 saturated carbocycles. The molecule has 0 unspecified atom stereocenters. The highest BCUT2D eigenvalue weighted by atomic mass is 19.1. The van der Waals surface area contributed by atoms with E-state index < -0.39 is 0 Å². The Balaban J connectivity index is 1.90. The van der Waals surface area contributed by atoms with Gasteiger partial charge in [0.15, 0.2) is 0 Å². The number of rotatable bonds is 5. The molecule has 0 saturated heterocycles. The molecule has 0 spiro atoms. The van der Waals surface area contributed by atoms with Crippen LogP contribution in [0.25, 0.3) is 0 Å². The second-order valence-corrected chi connectivity index (χ2v) is 5.60. The van der Waals surface area contributed by atoms with E-state index in [9.17, 15) is 4.39 Å². The number of aliphatic hydroxyl groups excluding tert-OH is 1. The summed E-state index contributed by atoms with van der Waals surface area (Å²) in [6, 6.07) is 4.61. The first-order valence-electron chi connectivity index (χ1n) is 7.75. The van der Waals surface area contributed by atoms with Crippen LogP contribution in [0.1, 0.15) is 49.7 Å². The number of benzene rings is 1. The summed E-state index contributed by atoms with van der Waals surface area (Å²) < 4.78 is 19.1. The van der Waals surface area contributed by atoms with E-state index in [0.717, 1.165) is 12.2 Å². The van der Waals surface area contributed by atoms with Gasteiger partial charge in [0.1, 0.15) is 5.82 Å². The van der Waals surface area contributed by atoms with Crippen molar-refractivity contribution >= 4 is 0 Å². The molecular formula is C18H23FO2. The highest BCUT2D eigenvalue weighted by Gasteiger charge is 2.13. The predicted molar refractivity (Wildman–Crippen MR) is 81.2 cm³/mol. The number of ether oxygens (including phenoxy) is 1. The monoisotopic (exact) mass is 290 g/mol. The van der Waals surface area contributed by atoms with Gasteiger partial charge >= 0.3 is 0 Å². The van der Waals surface area contributed by atoms with Gasteiger partial charge < -0.3 is 9.84 Å². The molecule has 1 aromatic rings. The van der Waals surface area contributed by atoms with Crippen LogP contribution in [-0.2, 0) is 11.3 Å². The maximum atomic E-state index is 13.3. The maximum absolute atomic E-state index is 13.3. The molecule has 2 nitrogen and oxygen atoms in total. The molecule has 3 heteroatoms. The molecule has 1 fully saturated rings. The summed E-state index contributed by atoms with van der Waals surface area (Å²) >= 11 is 0. The van der Waals surface area contributed by atoms with Crippen molar-refractivity contribution < 1.29 is 14.2 Å². The molecule has 1 aromatic carbocycles. The fourth-order valence-corrected chi connectivity index (χ4v) is 2.69. The van der Waals surface area contributed by atoms with E-state index in [1.165, 1.54) is 44.2 Å². The van der Waals surface area contributed by atoms with Crippen molar-refractivity contribution in [3.05, 3.63) is 35.1 Å². The van der Waals surface area contributed by atoms with E-state index >= 15 is 0 Å². The zero-order valence-electron chi connectivity index (χ0n) is 12.4. The van der Waals surface area contributed by atoms with Crippen LogP contribution in [-0.4, -0.2) is 18.3 Å². The van der Waals surface area contributed by atoms with E-state index in [1.807, 2.05) is 0 Å². The van der Waals surface area contributed by atoms with E-state index in [-0.39, 0.29) is 12.4 Å². The Hall–Kier alpha value is -1.37. The molecule has 1 N–H and O–H groups in total. The lowest BCUT2D eigenvalue weighted by molar-refractivity contribution is 0.0738. The van der Waals surface area contributed by atoms with Crippen molar-refractivity contribution in [2.45, 2.75) is 45.1 Å². The van der Waals surface area contributed by atoms with Crippen LogP contribution < -0.4 is 0 Å². The first-order valence-corrected chi connectivity index (χ1v) is 7.75. The van der Waals surface area contributed by atoms with E-state index in [1.54, 1.807) is 6.07 Å². The molecule has 21 heavy (non-hydrogen) atoms. The molecule has 0 radical (unpaired) electrons. The van der Waals surface area contributed by atoms with Gasteiger partial charge in [0.25, 0.3) is 0 Å². The molecule has 0 heterocycles. The minimum atomic E-state index is -0.292. The summed E-state index contributed by atoms with van der Waals surface area (Å²) in [5.74, 6) is 6.13. The predicted octanol–water partition coefficient (Wildman–Crippen LogP) is 3.66. The zero-order valence-corrected chi connectivity index (χ0v) is 12.4. The van der Waals surface area contributed by atoms with Gasteiger partial charge in [-0.05, 0) is 36.5 Å². The van der Waals surface area contributed by atoms with Crippen LogP contribution in [0.15, 0.2) is 18.2 Å². The SMILES string of the molecule is OCCC#Cc1cc(F)ccc1COCC1CCCCC1. The smallest absolute Gasteiger partial charge is 0.124 e. The van der Waals surface area contributed by atoms with Gasteiger partial charge in [-0.15, -0.1) is 0 Å². The Bertz CT molecular complexity index is 496. The van der Waals surface area contributed by atoms with Crippen LogP contribution in [0.3, 0.4) is 0 Å². The van der Waals surface area contributed by atoms with Crippen molar-refractivity contribution in [1.29, 1.82) is 0 Å². The molecule has 0 aromatic heterocycles. The van der Waals surface area contributed by atoms with Crippen LogP contribution in [0.2, 0.25) is 0 Å². The van der Waals surface area contributed by atoms with Gasteiger partial charge in [0.05, 0.1) is 13.2 Å². The first-order chi connectivity index (χ1) is 10.3. The van der Waals surface area contributed by atoms with Gasteiger partial charge in [0, 0.05) is 18.6 Å². The minimum absolute atomic E-state index is 0.0236. The molecule has 114 valence electrons. The number of aliphatic hydroxyl groups is 1. The van der Waals surface area contributed by atoms with Crippen molar-refractivity contribution in [2.75, 3.05) is 13.2 Å². The second kappa shape index (κ2) is 8.81. The summed E-state index contributed by atoms with van der Waals surface area (Å²) in [6.07, 6.45) is 6.88. The highest BCUT2D eigenvalue weighted by molar-refractivity contribution is 5.41. The molecule has 0 bridgehead atoms. The summed E-state index contributed by atoms with van der Waals surface area (Å²) in [6.45, 7) is 1.27. The van der Waals surface area contributed by atoms with Gasteiger partial charge in [-0.1, -0.05) is 37.2 Å². The summed E-state index contributed by atoms with van der Waals surface area (Å²) in [5, 5.41) is 8.75. The fraction of sp³-hybridized carbons (Fsp3) is 0.556. The Kier molecular flexibility index (Phi) is 6.72. The van der Waals surface area contributed by atoms with Crippen molar-refractivity contribution in [2.24, 2.45) is 5.92 Å². The third kappa shape index (κ3) is 5.49. The quantitative estimate of drug-likeness (QED) is 0.839. The van der Waals surface area contributed by atoms with Crippen LogP contribution in [0, 0.1) is 23.6 Å². The average molecular weight is 290 g/mol. The zero-order chi connectivity index (χ0) is 14.9. The van der Waals surface area contributed by atoms with Crippen molar-refractivity contribution in [3.8, 4) is 11.8 Å². The minimum Gasteiger partial charge on any atom is -0.395 e. The van der Waals surface area contributed by atoms with Crippen molar-refractivity contribution in [1.82, 2.24) is 0 Å². The normalized spacial score (nSPS) is 15.5. The molecule has 0 aliphatic heterocycles. The van der Waals surface area contributed by atoms with Gasteiger partial charge in [-0.3, -0.25) is 0 Å². The lowest BCUT2D eigenvalue weighted by Gasteiger charge is -2.21. The average Bonchev–Trinajstić information content (AvgIpc) is 2.51. The van der Waals surface area contributed by atoms with Crippen LogP contribution in [0.5, 0.6) is 0 Å². The van der Waals surface area contributed by atoms with Gasteiger partial charge in [0.2, 0.25) is 0 Å². The number of hydrogen-bond acceptors (Lipinski definition) is 2. The standard InChI is InChI=1S/C18H23FO2/c19-18-10-9-17(16(12-18)8-4-5-11-20)14-21-13-15-6-2-1-3-7-15/h9-10,12,15,20H,1-3,5-7,11,13-14H2. The van der Waals surface area contributed by atoms with Crippen LogP contribution >= 0.6 is 0 Å². The highest BCUT2D eigenvalue weighted by Crippen LogP contribution is 2.24. The lowest BCUT2D eigenvalue weighted by Crippen LogP contribution is -2.13. The lowest BCUT2D eigenvalue weighted by atomic mass is 9.90. The number of halogens is 1. The third-order valence-electron chi connectivity index (χ3n) is 3.87. The first kappa shape index (κ1) is 16.0. The fourth-order valence-electron chi connectivity index (χ4n) is 2.69. The third-order valence-corrected chi connectivity index (χ3v) is 3.87. The van der Waals surface area contributed by atoms with Gasteiger partial charge in [-0.25, -0.2) is 4.39 Å². The van der Waals surface area contributed by atoms with E-state index in [0.29, 0.717) is 24.5 Å². The molecule has 1 aliphatic rings. The maximum Gasteiger partial charge on any atom is 0.124 e. The molecule has 0 atom stereocenters. The molecular weight excluding hydrogens is 267 g/mol. The summed E-state index contributed by atoms with van der Waals surface area (Å²) in [5.41, 5.74) is 1.57. The van der Waals surface area contributed by atoms with E-state index in [2.05, 4.69) is 11.8 Å². The topological polar surface area (TPSA) is 29.5 Å². The molecule has 1 aliphatic carbocycles. The number of hydrogen-bond donors (Lipinski definition) is 1. The van der Waals surface area contributed by atoms with E-state index in [4.69, 9.17) is 9.84 Å². The Labute approximate surface area is 126 Å². The Morgan fingerprint density at radius 1 is 1.24 bits per heavy atom. The van der Waals surface area contributed by atoms with Crippen molar-refractivity contribution in [3.63, 3.8) is 0 Å². The summed E-state index contributed by atoms with van der Waals surface area (Å²) in [7, 11) is 0. The summed E-state index contributed by atoms with van der Waals surface area (Å²) in [4.78, 5) is 0. The Morgan fingerprint density at radius 3 is 2.81 bits per heavy atom. The Morgan fingerprint density at radius 2 is 2.05 bits per heavy atom.